The number of aliphatic hydroxyl groups is 1. The molecular weight excluding hydrogens is 242 g/mol. The van der Waals surface area contributed by atoms with Crippen LogP contribution in [0.4, 0.5) is 0 Å². The maximum absolute atomic E-state index is 10.5. The molecule has 0 spiro atoms. The Hall–Kier alpha value is -1.10. The maximum atomic E-state index is 10.5. The van der Waals surface area contributed by atoms with Crippen LogP contribution in [0.1, 0.15) is 25.8 Å². The van der Waals surface area contributed by atoms with Gasteiger partial charge >= 0.3 is 0 Å². The van der Waals surface area contributed by atoms with E-state index in [0.29, 0.717) is 19.6 Å². The highest BCUT2D eigenvalue weighted by Crippen LogP contribution is 2.25. The van der Waals surface area contributed by atoms with Crippen LogP contribution in [0, 0.1) is 0 Å². The van der Waals surface area contributed by atoms with E-state index >= 15 is 0 Å². The molecule has 2 N–H and O–H groups in total. The van der Waals surface area contributed by atoms with E-state index in [1.165, 1.54) is 0 Å². The van der Waals surface area contributed by atoms with Gasteiger partial charge in [-0.25, -0.2) is 0 Å². The predicted molar refractivity (Wildman–Crippen MR) is 76.5 cm³/mol. The predicted octanol–water partition coefficient (Wildman–Crippen LogP) is 1.92. The van der Waals surface area contributed by atoms with Gasteiger partial charge in [0, 0.05) is 13.7 Å². The Bertz CT molecular complexity index is 349. The number of hydrogen-bond donors (Lipinski definition) is 2. The average Bonchev–Trinajstić information content (AvgIpc) is 2.39. The number of hydrogen-bond acceptors (Lipinski definition) is 4. The Morgan fingerprint density at radius 2 is 1.89 bits per heavy atom. The SMILES string of the molecule is CCOc1ccc(C(C)(O)CCNCCOC)cc1. The summed E-state index contributed by atoms with van der Waals surface area (Å²) in [4.78, 5) is 0. The first-order valence-electron chi connectivity index (χ1n) is 6.75. The van der Waals surface area contributed by atoms with E-state index in [9.17, 15) is 5.11 Å². The Morgan fingerprint density at radius 1 is 1.21 bits per heavy atom. The van der Waals surface area contributed by atoms with Crippen molar-refractivity contribution in [3.63, 3.8) is 0 Å². The van der Waals surface area contributed by atoms with Crippen molar-refractivity contribution >= 4 is 0 Å². The molecule has 0 saturated carbocycles. The molecule has 0 amide bonds. The van der Waals surface area contributed by atoms with Crippen LogP contribution in [0.25, 0.3) is 0 Å². The molecule has 0 aliphatic rings. The maximum Gasteiger partial charge on any atom is 0.119 e. The second-order valence-electron chi connectivity index (χ2n) is 4.72. The van der Waals surface area contributed by atoms with Crippen LogP contribution in [0.2, 0.25) is 0 Å². The minimum Gasteiger partial charge on any atom is -0.494 e. The van der Waals surface area contributed by atoms with Crippen molar-refractivity contribution in [2.75, 3.05) is 33.4 Å². The molecule has 1 unspecified atom stereocenters. The lowest BCUT2D eigenvalue weighted by Crippen LogP contribution is -2.29. The van der Waals surface area contributed by atoms with Gasteiger partial charge in [0.05, 0.1) is 18.8 Å². The van der Waals surface area contributed by atoms with Crippen LogP contribution in [-0.2, 0) is 10.3 Å². The quantitative estimate of drug-likeness (QED) is 0.671. The van der Waals surface area contributed by atoms with Gasteiger partial charge in [0.15, 0.2) is 0 Å². The molecule has 0 saturated heterocycles. The van der Waals surface area contributed by atoms with E-state index in [-0.39, 0.29) is 0 Å². The van der Waals surface area contributed by atoms with Crippen molar-refractivity contribution in [1.29, 1.82) is 0 Å². The molecule has 0 heterocycles. The summed E-state index contributed by atoms with van der Waals surface area (Å²) < 4.78 is 10.3. The lowest BCUT2D eigenvalue weighted by Gasteiger charge is -2.24. The van der Waals surface area contributed by atoms with Crippen LogP contribution < -0.4 is 10.1 Å². The highest BCUT2D eigenvalue weighted by atomic mass is 16.5. The summed E-state index contributed by atoms with van der Waals surface area (Å²) in [7, 11) is 1.68. The van der Waals surface area contributed by atoms with E-state index < -0.39 is 5.60 Å². The van der Waals surface area contributed by atoms with Crippen LogP contribution in [0.15, 0.2) is 24.3 Å². The van der Waals surface area contributed by atoms with Gasteiger partial charge in [-0.15, -0.1) is 0 Å². The van der Waals surface area contributed by atoms with Gasteiger partial charge in [-0.3, -0.25) is 0 Å². The first kappa shape index (κ1) is 16.0. The molecule has 1 atom stereocenters. The van der Waals surface area contributed by atoms with Crippen molar-refractivity contribution < 1.29 is 14.6 Å². The molecule has 19 heavy (non-hydrogen) atoms. The molecule has 1 aromatic carbocycles. The van der Waals surface area contributed by atoms with Crippen molar-refractivity contribution in [3.05, 3.63) is 29.8 Å². The third-order valence-electron chi connectivity index (χ3n) is 3.06. The Labute approximate surface area is 115 Å². The van der Waals surface area contributed by atoms with E-state index in [4.69, 9.17) is 9.47 Å². The minimum absolute atomic E-state index is 0.652. The summed E-state index contributed by atoms with van der Waals surface area (Å²) in [6, 6.07) is 7.62. The Kier molecular flexibility index (Phi) is 6.84. The first-order chi connectivity index (χ1) is 9.10. The second kappa shape index (κ2) is 8.15. The van der Waals surface area contributed by atoms with Crippen LogP contribution in [0.3, 0.4) is 0 Å². The lowest BCUT2D eigenvalue weighted by molar-refractivity contribution is 0.0475. The minimum atomic E-state index is -0.829. The molecule has 1 rings (SSSR count). The summed E-state index contributed by atoms with van der Waals surface area (Å²) in [5, 5.41) is 13.7. The summed E-state index contributed by atoms with van der Waals surface area (Å²) in [6.45, 7) is 6.68. The normalized spacial score (nSPS) is 14.1. The van der Waals surface area contributed by atoms with E-state index in [0.717, 1.165) is 24.4 Å². The largest absolute Gasteiger partial charge is 0.494 e. The Balaban J connectivity index is 2.46. The molecule has 108 valence electrons. The highest BCUT2D eigenvalue weighted by molar-refractivity contribution is 5.30. The first-order valence-corrected chi connectivity index (χ1v) is 6.75. The third-order valence-corrected chi connectivity index (χ3v) is 3.06. The van der Waals surface area contributed by atoms with Gasteiger partial charge in [-0.05, 0) is 44.5 Å². The van der Waals surface area contributed by atoms with Crippen LogP contribution >= 0.6 is 0 Å². The van der Waals surface area contributed by atoms with E-state index in [1.807, 2.05) is 38.1 Å². The molecule has 4 nitrogen and oxygen atoms in total. The molecule has 0 aliphatic heterocycles. The average molecular weight is 267 g/mol. The second-order valence-corrected chi connectivity index (χ2v) is 4.72. The topological polar surface area (TPSA) is 50.7 Å². The molecular formula is C15H25NO3. The van der Waals surface area contributed by atoms with Crippen LogP contribution in [0.5, 0.6) is 5.75 Å². The monoisotopic (exact) mass is 267 g/mol. The Morgan fingerprint density at radius 3 is 2.47 bits per heavy atom. The summed E-state index contributed by atoms with van der Waals surface area (Å²) in [6.07, 6.45) is 0.657. The number of nitrogens with one attached hydrogen (secondary N) is 1. The molecule has 4 heteroatoms. The number of methoxy groups -OCH3 is 1. The number of benzene rings is 1. The number of rotatable bonds is 9. The fourth-order valence-electron chi connectivity index (χ4n) is 1.85. The fraction of sp³-hybridized carbons (Fsp3) is 0.600. The zero-order valence-electron chi connectivity index (χ0n) is 12.1. The molecule has 0 aromatic heterocycles. The molecule has 0 fully saturated rings. The van der Waals surface area contributed by atoms with Gasteiger partial charge in [0.1, 0.15) is 5.75 Å². The summed E-state index contributed by atoms with van der Waals surface area (Å²) in [5.74, 6) is 0.834. The van der Waals surface area contributed by atoms with Gasteiger partial charge in [-0.2, -0.15) is 0 Å². The van der Waals surface area contributed by atoms with Gasteiger partial charge in [0.25, 0.3) is 0 Å². The summed E-state index contributed by atoms with van der Waals surface area (Å²) in [5.41, 5.74) is 0.0784. The lowest BCUT2D eigenvalue weighted by atomic mass is 9.92. The zero-order chi connectivity index (χ0) is 14.1. The number of ether oxygens (including phenoxy) is 2. The molecule has 0 radical (unpaired) electrons. The smallest absolute Gasteiger partial charge is 0.119 e. The van der Waals surface area contributed by atoms with Crippen molar-refractivity contribution in [2.45, 2.75) is 25.9 Å². The van der Waals surface area contributed by atoms with Crippen molar-refractivity contribution in [1.82, 2.24) is 5.32 Å². The molecule has 1 aromatic rings. The van der Waals surface area contributed by atoms with Crippen molar-refractivity contribution in [2.24, 2.45) is 0 Å². The summed E-state index contributed by atoms with van der Waals surface area (Å²) >= 11 is 0. The van der Waals surface area contributed by atoms with Gasteiger partial charge < -0.3 is 19.9 Å². The van der Waals surface area contributed by atoms with Gasteiger partial charge in [-0.1, -0.05) is 12.1 Å². The fourth-order valence-corrected chi connectivity index (χ4v) is 1.85. The van der Waals surface area contributed by atoms with Gasteiger partial charge in [0.2, 0.25) is 0 Å². The van der Waals surface area contributed by atoms with E-state index in [2.05, 4.69) is 5.32 Å². The standard InChI is InChI=1S/C15H25NO3/c1-4-19-14-7-5-13(6-8-14)15(2,17)9-10-16-11-12-18-3/h5-8,16-17H,4,9-12H2,1-3H3. The molecule has 0 aliphatic carbocycles. The third kappa shape index (κ3) is 5.59. The highest BCUT2D eigenvalue weighted by Gasteiger charge is 2.22. The molecule has 0 bridgehead atoms. The van der Waals surface area contributed by atoms with E-state index in [1.54, 1.807) is 7.11 Å². The zero-order valence-corrected chi connectivity index (χ0v) is 12.1. The van der Waals surface area contributed by atoms with Crippen LogP contribution in [-0.4, -0.2) is 38.5 Å². The van der Waals surface area contributed by atoms with Crippen molar-refractivity contribution in [3.8, 4) is 5.75 Å².